The minimum atomic E-state index is -3.60. The fourth-order valence-corrected chi connectivity index (χ4v) is 5.94. The quantitative estimate of drug-likeness (QED) is 0.589. The summed E-state index contributed by atoms with van der Waals surface area (Å²) in [5.41, 5.74) is 4.25. The van der Waals surface area contributed by atoms with Gasteiger partial charge in [-0.15, -0.1) is 10.2 Å². The Kier molecular flexibility index (Phi) is 6.17. The van der Waals surface area contributed by atoms with E-state index in [-0.39, 0.29) is 0 Å². The summed E-state index contributed by atoms with van der Waals surface area (Å²) >= 11 is 0. The zero-order valence-corrected chi connectivity index (χ0v) is 19.7. The first-order chi connectivity index (χ1) is 15.3. The van der Waals surface area contributed by atoms with E-state index in [0.29, 0.717) is 31.1 Å². The molecule has 3 aromatic rings. The van der Waals surface area contributed by atoms with Gasteiger partial charge in [0.1, 0.15) is 5.75 Å². The van der Waals surface area contributed by atoms with E-state index in [1.807, 2.05) is 63.2 Å². The third-order valence-corrected chi connectivity index (χ3v) is 8.11. The molecule has 1 aromatic heterocycles. The zero-order chi connectivity index (χ0) is 22.9. The number of methoxy groups -OCH3 is 1. The monoisotopic (exact) mass is 452 g/mol. The number of anilines is 1. The van der Waals surface area contributed by atoms with Crippen LogP contribution >= 0.6 is 0 Å². The molecule has 1 aliphatic rings. The second-order valence-corrected chi connectivity index (χ2v) is 9.92. The van der Waals surface area contributed by atoms with Gasteiger partial charge in [-0.2, -0.15) is 4.31 Å². The molecule has 1 fully saturated rings. The molecule has 0 atom stereocenters. The number of nitrogens with zero attached hydrogens (tertiary/aromatic N) is 4. The molecule has 0 N–H and O–H groups in total. The number of sulfonamides is 1. The van der Waals surface area contributed by atoms with Gasteiger partial charge in [-0.3, -0.25) is 0 Å². The molecule has 2 heterocycles. The Bertz CT molecular complexity index is 1200. The fourth-order valence-electron chi connectivity index (χ4n) is 4.16. The van der Waals surface area contributed by atoms with E-state index >= 15 is 0 Å². The predicted octanol–water partition coefficient (Wildman–Crippen LogP) is 3.59. The molecule has 2 aromatic carbocycles. The lowest BCUT2D eigenvalue weighted by molar-refractivity contribution is 0.382. The first kappa shape index (κ1) is 22.2. The highest BCUT2D eigenvalue weighted by atomic mass is 32.2. The van der Waals surface area contributed by atoms with Gasteiger partial charge in [0.25, 0.3) is 0 Å². The average Bonchev–Trinajstić information content (AvgIpc) is 2.82. The highest BCUT2D eigenvalue weighted by Gasteiger charge is 2.31. The number of piperazine rings is 1. The molecule has 1 saturated heterocycles. The van der Waals surface area contributed by atoms with Crippen molar-refractivity contribution in [3.8, 4) is 17.0 Å². The molecule has 0 spiro atoms. The van der Waals surface area contributed by atoms with Crippen molar-refractivity contribution in [2.45, 2.75) is 25.7 Å². The predicted molar refractivity (Wildman–Crippen MR) is 126 cm³/mol. The SMILES string of the molecule is COc1c(C)cc(S(=O)(=O)N2CCN(c3ccc(-c4ccccc4)nn3)CC2)c(C)c1C. The lowest BCUT2D eigenvalue weighted by Gasteiger charge is -2.34. The molecule has 32 heavy (non-hydrogen) atoms. The fraction of sp³-hybridized carbons (Fsp3) is 0.333. The van der Waals surface area contributed by atoms with E-state index in [4.69, 9.17) is 4.74 Å². The number of aryl methyl sites for hydroxylation is 1. The van der Waals surface area contributed by atoms with Crippen LogP contribution in [0.1, 0.15) is 16.7 Å². The van der Waals surface area contributed by atoms with Crippen molar-refractivity contribution in [1.82, 2.24) is 14.5 Å². The standard InChI is InChI=1S/C24H28N4O3S/c1-17-16-22(18(2)19(3)24(17)31-4)32(29,30)28-14-12-27(13-15-28)23-11-10-21(25-26-23)20-8-6-5-7-9-20/h5-11,16H,12-15H2,1-4H3. The Labute approximate surface area is 189 Å². The summed E-state index contributed by atoms with van der Waals surface area (Å²) in [6.45, 7) is 7.53. The molecule has 7 nitrogen and oxygen atoms in total. The summed E-state index contributed by atoms with van der Waals surface area (Å²) in [7, 11) is -1.99. The molecular weight excluding hydrogens is 424 g/mol. The Morgan fingerprint density at radius 1 is 0.875 bits per heavy atom. The summed E-state index contributed by atoms with van der Waals surface area (Å²) in [6, 6.07) is 15.5. The van der Waals surface area contributed by atoms with Gasteiger partial charge < -0.3 is 9.64 Å². The van der Waals surface area contributed by atoms with Crippen LogP contribution in [0, 0.1) is 20.8 Å². The maximum Gasteiger partial charge on any atom is 0.243 e. The third kappa shape index (κ3) is 4.08. The second-order valence-electron chi connectivity index (χ2n) is 8.01. The molecule has 8 heteroatoms. The summed E-state index contributed by atoms with van der Waals surface area (Å²) in [5.74, 6) is 1.50. The average molecular weight is 453 g/mol. The van der Waals surface area contributed by atoms with Crippen LogP contribution in [0.15, 0.2) is 53.4 Å². The third-order valence-electron chi connectivity index (χ3n) is 6.08. The molecular formula is C24H28N4O3S. The molecule has 0 bridgehead atoms. The van der Waals surface area contributed by atoms with Crippen molar-refractivity contribution >= 4 is 15.8 Å². The van der Waals surface area contributed by atoms with Gasteiger partial charge in [-0.05, 0) is 55.7 Å². The van der Waals surface area contributed by atoms with Crippen molar-refractivity contribution in [2.24, 2.45) is 0 Å². The van der Waals surface area contributed by atoms with Crippen molar-refractivity contribution in [3.05, 3.63) is 65.2 Å². The summed E-state index contributed by atoms with van der Waals surface area (Å²) < 4.78 is 33.8. The molecule has 0 amide bonds. The number of benzene rings is 2. The van der Waals surface area contributed by atoms with Gasteiger partial charge in [0.05, 0.1) is 17.7 Å². The van der Waals surface area contributed by atoms with Crippen LogP contribution in [0.25, 0.3) is 11.3 Å². The van der Waals surface area contributed by atoms with Crippen LogP contribution in [-0.2, 0) is 10.0 Å². The van der Waals surface area contributed by atoms with Crippen LogP contribution in [-0.4, -0.2) is 56.2 Å². The van der Waals surface area contributed by atoms with E-state index < -0.39 is 10.0 Å². The van der Waals surface area contributed by atoms with E-state index in [2.05, 4.69) is 15.1 Å². The van der Waals surface area contributed by atoms with E-state index in [9.17, 15) is 8.42 Å². The molecule has 168 valence electrons. The zero-order valence-electron chi connectivity index (χ0n) is 18.9. The van der Waals surface area contributed by atoms with Crippen LogP contribution in [0.2, 0.25) is 0 Å². The lowest BCUT2D eigenvalue weighted by Crippen LogP contribution is -2.49. The Hall–Kier alpha value is -2.97. The van der Waals surface area contributed by atoms with E-state index in [0.717, 1.165) is 39.5 Å². The number of aromatic nitrogens is 2. The minimum Gasteiger partial charge on any atom is -0.496 e. The first-order valence-electron chi connectivity index (χ1n) is 10.6. The van der Waals surface area contributed by atoms with Gasteiger partial charge >= 0.3 is 0 Å². The summed E-state index contributed by atoms with van der Waals surface area (Å²) in [4.78, 5) is 2.43. The van der Waals surface area contributed by atoms with Crippen LogP contribution < -0.4 is 9.64 Å². The maximum atomic E-state index is 13.4. The van der Waals surface area contributed by atoms with Crippen molar-refractivity contribution < 1.29 is 13.2 Å². The first-order valence-corrected chi connectivity index (χ1v) is 12.1. The van der Waals surface area contributed by atoms with Crippen LogP contribution in [0.4, 0.5) is 5.82 Å². The molecule has 4 rings (SSSR count). The van der Waals surface area contributed by atoms with Gasteiger partial charge in [0.15, 0.2) is 5.82 Å². The normalized spacial score (nSPS) is 15.1. The Balaban J connectivity index is 1.49. The molecule has 0 unspecified atom stereocenters. The molecule has 0 radical (unpaired) electrons. The van der Waals surface area contributed by atoms with E-state index in [1.165, 1.54) is 0 Å². The lowest BCUT2D eigenvalue weighted by atomic mass is 10.1. The van der Waals surface area contributed by atoms with Crippen LogP contribution in [0.3, 0.4) is 0 Å². The van der Waals surface area contributed by atoms with Gasteiger partial charge in [-0.25, -0.2) is 8.42 Å². The van der Waals surface area contributed by atoms with Crippen molar-refractivity contribution in [3.63, 3.8) is 0 Å². The molecule has 1 aliphatic heterocycles. The van der Waals surface area contributed by atoms with Gasteiger partial charge in [-0.1, -0.05) is 30.3 Å². The maximum absolute atomic E-state index is 13.4. The number of hydrogen-bond acceptors (Lipinski definition) is 6. The smallest absolute Gasteiger partial charge is 0.243 e. The highest BCUT2D eigenvalue weighted by Crippen LogP contribution is 2.32. The van der Waals surface area contributed by atoms with Crippen LogP contribution in [0.5, 0.6) is 5.75 Å². The largest absolute Gasteiger partial charge is 0.496 e. The van der Waals surface area contributed by atoms with Gasteiger partial charge in [0.2, 0.25) is 10.0 Å². The summed E-state index contributed by atoms with van der Waals surface area (Å²) in [5, 5.41) is 8.73. The van der Waals surface area contributed by atoms with Crippen molar-refractivity contribution in [1.29, 1.82) is 0 Å². The second kappa shape index (κ2) is 8.88. The minimum absolute atomic E-state index is 0.355. The van der Waals surface area contributed by atoms with Gasteiger partial charge in [0, 0.05) is 31.7 Å². The Morgan fingerprint density at radius 2 is 1.56 bits per heavy atom. The molecule has 0 aliphatic carbocycles. The summed E-state index contributed by atoms with van der Waals surface area (Å²) in [6.07, 6.45) is 0. The number of hydrogen-bond donors (Lipinski definition) is 0. The van der Waals surface area contributed by atoms with E-state index in [1.54, 1.807) is 17.5 Å². The Morgan fingerprint density at radius 3 is 2.16 bits per heavy atom. The highest BCUT2D eigenvalue weighted by molar-refractivity contribution is 7.89. The number of rotatable bonds is 5. The van der Waals surface area contributed by atoms with Crippen molar-refractivity contribution in [2.75, 3.05) is 38.2 Å². The molecule has 0 saturated carbocycles. The topological polar surface area (TPSA) is 75.6 Å². The number of ether oxygens (including phenoxy) is 1.